The lowest BCUT2D eigenvalue weighted by molar-refractivity contribution is 0.367. The van der Waals surface area contributed by atoms with Gasteiger partial charge in [0.15, 0.2) is 0 Å². The smallest absolute Gasteiger partial charge is 0.297 e. The minimum absolute atomic E-state index is 0.0158. The van der Waals surface area contributed by atoms with E-state index in [-0.39, 0.29) is 11.2 Å². The molecule has 0 spiro atoms. The highest BCUT2D eigenvalue weighted by Crippen LogP contribution is 2.48. The molecule has 3 aromatic carbocycles. The Morgan fingerprint density at radius 3 is 1.66 bits per heavy atom. The van der Waals surface area contributed by atoms with Crippen LogP contribution in [0.25, 0.3) is 0 Å². The van der Waals surface area contributed by atoms with E-state index in [9.17, 15) is 13.0 Å². The van der Waals surface area contributed by atoms with Crippen molar-refractivity contribution in [2.75, 3.05) is 18.7 Å². The van der Waals surface area contributed by atoms with E-state index in [1.54, 1.807) is 0 Å². The van der Waals surface area contributed by atoms with Crippen molar-refractivity contribution in [3.8, 4) is 0 Å². The summed E-state index contributed by atoms with van der Waals surface area (Å²) in [5.74, 6) is 0. The lowest BCUT2D eigenvalue weighted by Crippen LogP contribution is -2.11. The number of hydrogen-bond donors (Lipinski definition) is 0. The number of hydrogen-bond acceptors (Lipinski definition) is 4. The predicted molar refractivity (Wildman–Crippen MR) is 131 cm³/mol. The second-order valence-electron chi connectivity index (χ2n) is 7.84. The van der Waals surface area contributed by atoms with Crippen LogP contribution in [-0.4, -0.2) is 27.1 Å². The lowest BCUT2D eigenvalue weighted by atomic mass is 10.1. The molecule has 0 bridgehead atoms. The fraction of sp³-hybridized carbons (Fsp3) is 0.280. The summed E-state index contributed by atoms with van der Waals surface area (Å²) in [4.78, 5) is 0.0158. The summed E-state index contributed by atoms with van der Waals surface area (Å²) in [7, 11) is -6.84. The van der Waals surface area contributed by atoms with E-state index < -0.39 is 17.3 Å². The van der Waals surface area contributed by atoms with E-state index in [1.165, 1.54) is 35.4 Å². The molecule has 0 saturated carbocycles. The molecule has 0 aliphatic heterocycles. The van der Waals surface area contributed by atoms with Crippen molar-refractivity contribution >= 4 is 28.9 Å². The molecular weight excluding hydrogens is 463 g/mol. The first-order valence-corrected chi connectivity index (χ1v) is 14.7. The second-order valence-corrected chi connectivity index (χ2v) is 13.2. The number of benzene rings is 3. The SMILES string of the molecule is O=P(CCCc1ccccc1)(CCCc1ccccc1)COS(=O)(=O)c1ccc(Cl)cc1. The molecule has 0 aliphatic rings. The van der Waals surface area contributed by atoms with E-state index in [2.05, 4.69) is 0 Å². The van der Waals surface area contributed by atoms with Gasteiger partial charge in [0.05, 0.1) is 4.90 Å². The molecule has 0 unspecified atom stereocenters. The third-order valence-electron chi connectivity index (χ3n) is 5.29. The Morgan fingerprint density at radius 1 is 0.719 bits per heavy atom. The first-order chi connectivity index (χ1) is 15.4. The van der Waals surface area contributed by atoms with Crippen LogP contribution in [0.4, 0.5) is 0 Å². The minimum atomic E-state index is -4.00. The summed E-state index contributed by atoms with van der Waals surface area (Å²) in [6.07, 6.45) is 3.66. The molecule has 0 aromatic heterocycles. The van der Waals surface area contributed by atoms with Crippen molar-refractivity contribution in [1.82, 2.24) is 0 Å². The molecule has 170 valence electrons. The van der Waals surface area contributed by atoms with Gasteiger partial charge in [-0.1, -0.05) is 72.3 Å². The van der Waals surface area contributed by atoms with E-state index in [0.29, 0.717) is 17.3 Å². The molecule has 0 radical (unpaired) electrons. The average Bonchev–Trinajstić information content (AvgIpc) is 2.80. The highest BCUT2D eigenvalue weighted by Gasteiger charge is 2.26. The molecule has 32 heavy (non-hydrogen) atoms. The molecule has 3 rings (SSSR count). The normalized spacial score (nSPS) is 12.0. The van der Waals surface area contributed by atoms with Crippen LogP contribution in [0.2, 0.25) is 5.02 Å². The van der Waals surface area contributed by atoms with Crippen LogP contribution in [0.3, 0.4) is 0 Å². The Labute approximate surface area is 196 Å². The van der Waals surface area contributed by atoms with Crippen LogP contribution in [0.15, 0.2) is 89.8 Å². The van der Waals surface area contributed by atoms with E-state index in [0.717, 1.165) is 25.7 Å². The maximum absolute atomic E-state index is 13.7. The van der Waals surface area contributed by atoms with Crippen molar-refractivity contribution in [2.24, 2.45) is 0 Å². The zero-order chi connectivity index (χ0) is 22.9. The average molecular weight is 491 g/mol. The molecular formula is C25H28ClO4PS. The van der Waals surface area contributed by atoms with Crippen molar-refractivity contribution in [1.29, 1.82) is 0 Å². The van der Waals surface area contributed by atoms with Crippen LogP contribution in [-0.2, 0) is 31.7 Å². The summed E-state index contributed by atoms with van der Waals surface area (Å²) in [5, 5.41) is 0.441. The molecule has 0 heterocycles. The van der Waals surface area contributed by atoms with Crippen LogP contribution in [0, 0.1) is 0 Å². The van der Waals surface area contributed by atoms with E-state index >= 15 is 0 Å². The van der Waals surface area contributed by atoms with Crippen LogP contribution < -0.4 is 0 Å². The summed E-state index contributed by atoms with van der Waals surface area (Å²) in [5.41, 5.74) is 2.36. The predicted octanol–water partition coefficient (Wildman–Crippen LogP) is 6.63. The van der Waals surface area contributed by atoms with Gasteiger partial charge in [-0.3, -0.25) is 4.18 Å². The number of halogens is 1. The largest absolute Gasteiger partial charge is 0.321 e. The quantitative estimate of drug-likeness (QED) is 0.211. The Bertz CT molecular complexity index is 1070. The van der Waals surface area contributed by atoms with Gasteiger partial charge in [-0.2, -0.15) is 8.42 Å². The Kier molecular flexibility index (Phi) is 9.12. The zero-order valence-electron chi connectivity index (χ0n) is 17.9. The van der Waals surface area contributed by atoms with Gasteiger partial charge in [0.1, 0.15) is 13.5 Å². The fourth-order valence-corrected chi connectivity index (χ4v) is 7.51. The molecule has 0 fully saturated rings. The van der Waals surface area contributed by atoms with Gasteiger partial charge in [0.2, 0.25) is 0 Å². The van der Waals surface area contributed by atoms with Gasteiger partial charge in [0, 0.05) is 17.3 Å². The third-order valence-corrected chi connectivity index (χ3v) is 9.86. The number of rotatable bonds is 12. The van der Waals surface area contributed by atoms with Gasteiger partial charge < -0.3 is 4.57 Å². The molecule has 4 nitrogen and oxygen atoms in total. The minimum Gasteiger partial charge on any atom is -0.321 e. The monoisotopic (exact) mass is 490 g/mol. The maximum atomic E-state index is 13.7. The first kappa shape index (κ1) is 24.7. The molecule has 7 heteroatoms. The molecule has 0 aliphatic carbocycles. The molecule has 0 atom stereocenters. The standard InChI is InChI=1S/C25H28ClO4PS/c26-24-15-17-25(18-16-24)32(28,29)30-21-31(27,19-7-13-22-9-3-1-4-10-22)20-8-14-23-11-5-2-6-12-23/h1-6,9-12,15-18H,7-8,13-14,19-21H2. The third kappa shape index (κ3) is 7.90. The molecule has 0 amide bonds. The Balaban J connectivity index is 1.64. The van der Waals surface area contributed by atoms with Gasteiger partial charge in [-0.05, 0) is 61.1 Å². The second kappa shape index (κ2) is 11.8. The van der Waals surface area contributed by atoms with Gasteiger partial charge >= 0.3 is 0 Å². The van der Waals surface area contributed by atoms with E-state index in [4.69, 9.17) is 15.8 Å². The lowest BCUT2D eigenvalue weighted by Gasteiger charge is -2.18. The van der Waals surface area contributed by atoms with Crippen molar-refractivity contribution in [2.45, 2.75) is 30.6 Å². The Hall–Kier alpha value is -1.91. The van der Waals surface area contributed by atoms with Crippen LogP contribution in [0.1, 0.15) is 24.0 Å². The summed E-state index contributed by atoms with van der Waals surface area (Å²) in [6.45, 7) is 0. The summed E-state index contributed by atoms with van der Waals surface area (Å²) >= 11 is 5.85. The maximum Gasteiger partial charge on any atom is 0.297 e. The Morgan fingerprint density at radius 2 is 1.19 bits per heavy atom. The van der Waals surface area contributed by atoms with Crippen molar-refractivity contribution in [3.05, 3.63) is 101 Å². The van der Waals surface area contributed by atoms with Gasteiger partial charge in [-0.25, -0.2) is 0 Å². The first-order valence-electron chi connectivity index (χ1n) is 10.7. The topological polar surface area (TPSA) is 60.4 Å². The highest BCUT2D eigenvalue weighted by molar-refractivity contribution is 7.87. The number of aryl methyl sites for hydroxylation is 2. The highest BCUT2D eigenvalue weighted by atomic mass is 35.5. The molecule has 0 N–H and O–H groups in total. The van der Waals surface area contributed by atoms with Crippen molar-refractivity contribution < 1.29 is 17.2 Å². The van der Waals surface area contributed by atoms with Gasteiger partial charge in [0.25, 0.3) is 10.1 Å². The zero-order valence-corrected chi connectivity index (χ0v) is 20.4. The van der Waals surface area contributed by atoms with E-state index in [1.807, 2.05) is 60.7 Å². The molecule has 0 saturated heterocycles. The van der Waals surface area contributed by atoms with Crippen LogP contribution >= 0.6 is 18.7 Å². The molecule has 3 aromatic rings. The summed E-state index contributed by atoms with van der Waals surface area (Å²) < 4.78 is 44.2. The fourth-order valence-electron chi connectivity index (χ4n) is 3.51. The van der Waals surface area contributed by atoms with Crippen molar-refractivity contribution in [3.63, 3.8) is 0 Å². The van der Waals surface area contributed by atoms with Gasteiger partial charge in [-0.15, -0.1) is 0 Å². The summed E-state index contributed by atoms with van der Waals surface area (Å²) in [6, 6.07) is 25.8. The van der Waals surface area contributed by atoms with Crippen LogP contribution in [0.5, 0.6) is 0 Å².